The molecule has 0 saturated heterocycles. The summed E-state index contributed by atoms with van der Waals surface area (Å²) >= 11 is 0. The molecule has 5 aromatic rings. The average Bonchev–Trinajstić information content (AvgIpc) is 3.64. The van der Waals surface area contributed by atoms with E-state index in [9.17, 15) is 19.1 Å². The number of hydrogen-bond donors (Lipinski definition) is 1. The van der Waals surface area contributed by atoms with E-state index < -0.39 is 23.6 Å². The molecular formula is C29H29F2N7O4. The van der Waals surface area contributed by atoms with Crippen LogP contribution in [0, 0.1) is 25.5 Å². The molecule has 1 aliphatic rings. The molecule has 4 heterocycles. The Morgan fingerprint density at radius 1 is 1.12 bits per heavy atom. The zero-order valence-corrected chi connectivity index (χ0v) is 23.5. The maximum atomic E-state index is 15.5. The third-order valence-electron chi connectivity index (χ3n) is 7.84. The number of halogens is 2. The van der Waals surface area contributed by atoms with Gasteiger partial charge in [-0.05, 0) is 50.1 Å². The Morgan fingerprint density at radius 2 is 1.83 bits per heavy atom. The minimum Gasteiger partial charge on any atom is -0.465 e. The van der Waals surface area contributed by atoms with Crippen LogP contribution in [0.2, 0.25) is 0 Å². The molecule has 0 aliphatic carbocycles. The highest BCUT2D eigenvalue weighted by Crippen LogP contribution is 2.35. The standard InChI is InChI=1S/C29H29F2N7O4/c1-16-11-20(12-17(2)26(16)31)38-27(25-18(3)34(29(40)41)6-5-22(25)33-38)36-8-7-35(28(36)39)24-13-19-15-32-37(9-10-42-4)23(19)14-21(24)30/h7-8,11-15,18H,5-6,9-10H2,1-4H3,(H,40,41)/t18-/m0/s1. The first-order valence-corrected chi connectivity index (χ1v) is 13.4. The third kappa shape index (κ3) is 4.28. The molecule has 0 fully saturated rings. The molecule has 2 aromatic carbocycles. The van der Waals surface area contributed by atoms with Crippen molar-refractivity contribution < 1.29 is 23.4 Å². The number of hydrogen-bond acceptors (Lipinski definition) is 5. The fourth-order valence-corrected chi connectivity index (χ4v) is 5.72. The summed E-state index contributed by atoms with van der Waals surface area (Å²) in [5, 5.41) is 19.6. The van der Waals surface area contributed by atoms with Crippen LogP contribution in [0.3, 0.4) is 0 Å². The topological polar surface area (TPSA) is 112 Å². The number of methoxy groups -OCH3 is 1. The van der Waals surface area contributed by atoms with Gasteiger partial charge in [-0.2, -0.15) is 10.2 Å². The van der Waals surface area contributed by atoms with Gasteiger partial charge in [-0.3, -0.25) is 13.8 Å². The average molecular weight is 578 g/mol. The Balaban J connectivity index is 1.54. The highest BCUT2D eigenvalue weighted by atomic mass is 19.1. The first kappa shape index (κ1) is 27.4. The van der Waals surface area contributed by atoms with E-state index >= 15 is 4.39 Å². The molecule has 1 N–H and O–H groups in total. The fourth-order valence-electron chi connectivity index (χ4n) is 5.72. The van der Waals surface area contributed by atoms with Gasteiger partial charge in [0.2, 0.25) is 0 Å². The predicted molar refractivity (Wildman–Crippen MR) is 150 cm³/mol. The van der Waals surface area contributed by atoms with E-state index in [4.69, 9.17) is 9.84 Å². The molecule has 3 aromatic heterocycles. The van der Waals surface area contributed by atoms with Gasteiger partial charge in [0.25, 0.3) is 0 Å². The molecule has 0 spiro atoms. The summed E-state index contributed by atoms with van der Waals surface area (Å²) in [7, 11) is 1.57. The number of imidazole rings is 1. The highest BCUT2D eigenvalue weighted by molar-refractivity contribution is 5.81. The minimum absolute atomic E-state index is 0.0335. The molecule has 0 bridgehead atoms. The molecule has 42 heavy (non-hydrogen) atoms. The van der Waals surface area contributed by atoms with E-state index in [0.717, 1.165) is 0 Å². The van der Waals surface area contributed by atoms with E-state index in [1.807, 2.05) is 0 Å². The number of rotatable bonds is 6. The Bertz CT molecular complexity index is 1900. The second-order valence-corrected chi connectivity index (χ2v) is 10.4. The van der Waals surface area contributed by atoms with Crippen LogP contribution in [0.4, 0.5) is 13.6 Å². The van der Waals surface area contributed by atoms with Gasteiger partial charge >= 0.3 is 11.8 Å². The lowest BCUT2D eigenvalue weighted by Gasteiger charge is -2.31. The zero-order valence-electron chi connectivity index (χ0n) is 23.5. The van der Waals surface area contributed by atoms with Crippen LogP contribution in [-0.2, 0) is 17.7 Å². The van der Waals surface area contributed by atoms with E-state index in [1.165, 1.54) is 37.2 Å². The molecule has 1 atom stereocenters. The van der Waals surface area contributed by atoms with Crippen LogP contribution in [0.15, 0.2) is 47.7 Å². The van der Waals surface area contributed by atoms with Crippen molar-refractivity contribution in [1.82, 2.24) is 33.6 Å². The molecule has 0 saturated carbocycles. The maximum absolute atomic E-state index is 15.5. The lowest BCUT2D eigenvalue weighted by atomic mass is 10.00. The van der Waals surface area contributed by atoms with Gasteiger partial charge < -0.3 is 14.7 Å². The maximum Gasteiger partial charge on any atom is 0.407 e. The summed E-state index contributed by atoms with van der Waals surface area (Å²) in [5.74, 6) is -0.652. The van der Waals surface area contributed by atoms with Crippen molar-refractivity contribution >= 4 is 17.0 Å². The number of amides is 1. The summed E-state index contributed by atoms with van der Waals surface area (Å²) in [6, 6.07) is 5.52. The van der Waals surface area contributed by atoms with Gasteiger partial charge in [0.05, 0.1) is 48.0 Å². The summed E-state index contributed by atoms with van der Waals surface area (Å²) in [4.78, 5) is 27.3. The van der Waals surface area contributed by atoms with Crippen molar-refractivity contribution in [3.05, 3.63) is 87.4 Å². The van der Waals surface area contributed by atoms with Crippen LogP contribution in [0.25, 0.3) is 28.1 Å². The number of carbonyl (C=O) groups is 1. The van der Waals surface area contributed by atoms with Crippen molar-refractivity contribution in [1.29, 1.82) is 0 Å². The molecule has 0 unspecified atom stereocenters. The van der Waals surface area contributed by atoms with Gasteiger partial charge in [-0.25, -0.2) is 23.1 Å². The van der Waals surface area contributed by atoms with Crippen LogP contribution in [0.1, 0.15) is 35.3 Å². The number of nitrogens with zero attached hydrogens (tertiary/aromatic N) is 7. The molecule has 1 aliphatic heterocycles. The van der Waals surface area contributed by atoms with E-state index in [-0.39, 0.29) is 18.0 Å². The van der Waals surface area contributed by atoms with Crippen LogP contribution >= 0.6 is 0 Å². The van der Waals surface area contributed by atoms with Gasteiger partial charge in [0.1, 0.15) is 17.5 Å². The van der Waals surface area contributed by atoms with E-state index in [0.29, 0.717) is 64.4 Å². The zero-order chi connectivity index (χ0) is 29.9. The van der Waals surface area contributed by atoms with Crippen LogP contribution < -0.4 is 5.69 Å². The summed E-state index contributed by atoms with van der Waals surface area (Å²) < 4.78 is 40.8. The van der Waals surface area contributed by atoms with Crippen molar-refractivity contribution in [2.24, 2.45) is 0 Å². The molecule has 6 rings (SSSR count). The Labute approximate surface area is 238 Å². The van der Waals surface area contributed by atoms with E-state index in [2.05, 4.69) is 5.10 Å². The van der Waals surface area contributed by atoms with Gasteiger partial charge in [0, 0.05) is 49.5 Å². The van der Waals surface area contributed by atoms with Gasteiger partial charge in [-0.1, -0.05) is 0 Å². The lowest BCUT2D eigenvalue weighted by Crippen LogP contribution is -2.38. The lowest BCUT2D eigenvalue weighted by molar-refractivity contribution is 0.124. The first-order valence-electron chi connectivity index (χ1n) is 13.4. The van der Waals surface area contributed by atoms with Gasteiger partial charge in [-0.15, -0.1) is 0 Å². The largest absolute Gasteiger partial charge is 0.465 e. The summed E-state index contributed by atoms with van der Waals surface area (Å²) in [6.07, 6.45) is 3.79. The second kappa shape index (κ2) is 10.2. The number of carboxylic acid groups (broad SMARTS) is 1. The van der Waals surface area contributed by atoms with Crippen LogP contribution in [-0.4, -0.2) is 65.1 Å². The fraction of sp³-hybridized carbons (Fsp3) is 0.310. The third-order valence-corrected chi connectivity index (χ3v) is 7.84. The van der Waals surface area contributed by atoms with Crippen molar-refractivity contribution in [2.75, 3.05) is 20.3 Å². The van der Waals surface area contributed by atoms with Crippen molar-refractivity contribution in [2.45, 2.75) is 39.8 Å². The number of aromatic nitrogens is 6. The summed E-state index contributed by atoms with van der Waals surface area (Å²) in [6.45, 7) is 6.11. The number of aryl methyl sites for hydroxylation is 2. The summed E-state index contributed by atoms with van der Waals surface area (Å²) in [5.41, 5.74) is 2.51. The molecule has 11 nitrogen and oxygen atoms in total. The Morgan fingerprint density at radius 3 is 2.52 bits per heavy atom. The first-order chi connectivity index (χ1) is 20.1. The SMILES string of the molecule is COCCn1ncc2cc(-n3ccn(-c4c5c(nn4-c4cc(C)c(F)c(C)c4)CCN(C(=O)O)[C@H]5C)c3=O)c(F)cc21. The molecule has 218 valence electrons. The quantitative estimate of drug-likeness (QED) is 0.322. The van der Waals surface area contributed by atoms with E-state index in [1.54, 1.807) is 57.0 Å². The van der Waals surface area contributed by atoms with Crippen molar-refractivity contribution in [3.63, 3.8) is 0 Å². The van der Waals surface area contributed by atoms with Gasteiger partial charge in [0.15, 0.2) is 0 Å². The molecule has 0 radical (unpaired) electrons. The normalized spacial score (nSPS) is 15.0. The Hall–Kier alpha value is -4.78. The highest BCUT2D eigenvalue weighted by Gasteiger charge is 2.35. The predicted octanol–water partition coefficient (Wildman–Crippen LogP) is 4.30. The van der Waals surface area contributed by atoms with Crippen LogP contribution in [0.5, 0.6) is 0 Å². The molecule has 13 heteroatoms. The number of benzene rings is 2. The number of ether oxygens (including phenoxy) is 1. The number of fused-ring (bicyclic) bond motifs is 2. The smallest absolute Gasteiger partial charge is 0.407 e. The van der Waals surface area contributed by atoms with Crippen molar-refractivity contribution in [3.8, 4) is 17.2 Å². The monoisotopic (exact) mass is 577 g/mol. The molecule has 1 amide bonds. The minimum atomic E-state index is -1.09. The second-order valence-electron chi connectivity index (χ2n) is 10.4. The molecular weight excluding hydrogens is 548 g/mol. The Kier molecular flexibility index (Phi) is 6.68.